The molecule has 9 heteroatoms. The first-order valence-corrected chi connectivity index (χ1v) is 9.19. The minimum Gasteiger partial charge on any atom is -0.447 e. The standard InChI is InChI=1S/C19H19N5O4/c1-26-8-9-27-19(25)23-10-15-16(17-21-18(28-22-17)12-6-7-12)20-11-24(15)14-5-3-2-4-13(14)23/h2-5,11-12H,6-10H2,1H3. The van der Waals surface area contributed by atoms with E-state index in [2.05, 4.69) is 15.1 Å². The molecule has 2 aromatic heterocycles. The van der Waals surface area contributed by atoms with Crippen LogP contribution in [0.25, 0.3) is 17.2 Å². The molecule has 0 radical (unpaired) electrons. The molecule has 1 aromatic carbocycles. The Bertz CT molecular complexity index is 1020. The molecule has 3 aromatic rings. The summed E-state index contributed by atoms with van der Waals surface area (Å²) >= 11 is 0. The van der Waals surface area contributed by atoms with Crippen LogP contribution in [0.4, 0.5) is 10.5 Å². The van der Waals surface area contributed by atoms with Crippen molar-refractivity contribution >= 4 is 11.8 Å². The Hall–Kier alpha value is -3.20. The van der Waals surface area contributed by atoms with Crippen LogP contribution >= 0.6 is 0 Å². The predicted octanol–water partition coefficient (Wildman–Crippen LogP) is 2.90. The van der Waals surface area contributed by atoms with Crippen molar-refractivity contribution in [2.24, 2.45) is 0 Å². The fourth-order valence-electron chi connectivity index (χ4n) is 3.33. The van der Waals surface area contributed by atoms with Gasteiger partial charge in [-0.3, -0.25) is 9.47 Å². The van der Waals surface area contributed by atoms with Crippen LogP contribution in [-0.2, 0) is 16.0 Å². The molecule has 1 saturated carbocycles. The van der Waals surface area contributed by atoms with Crippen LogP contribution in [0.5, 0.6) is 0 Å². The first kappa shape index (κ1) is 16.9. The number of methoxy groups -OCH3 is 1. The summed E-state index contributed by atoms with van der Waals surface area (Å²) < 4.78 is 17.6. The maximum Gasteiger partial charge on any atom is 0.414 e. The Labute approximate surface area is 160 Å². The third-order valence-electron chi connectivity index (χ3n) is 4.92. The Morgan fingerprint density at radius 2 is 2.07 bits per heavy atom. The smallest absolute Gasteiger partial charge is 0.414 e. The fourth-order valence-corrected chi connectivity index (χ4v) is 3.33. The molecule has 28 heavy (non-hydrogen) atoms. The Morgan fingerprint density at radius 3 is 2.86 bits per heavy atom. The zero-order chi connectivity index (χ0) is 19.1. The molecule has 2 aliphatic rings. The summed E-state index contributed by atoms with van der Waals surface area (Å²) in [5.41, 5.74) is 3.02. The molecule has 1 aliphatic carbocycles. The molecule has 0 saturated heterocycles. The van der Waals surface area contributed by atoms with Crippen molar-refractivity contribution < 1.29 is 18.8 Å². The van der Waals surface area contributed by atoms with Crippen LogP contribution in [0, 0.1) is 0 Å². The molecular formula is C19H19N5O4. The highest BCUT2D eigenvalue weighted by molar-refractivity contribution is 5.91. The zero-order valence-electron chi connectivity index (χ0n) is 15.4. The topological polar surface area (TPSA) is 95.5 Å². The van der Waals surface area contributed by atoms with Crippen LogP contribution in [-0.4, -0.2) is 46.1 Å². The molecule has 9 nitrogen and oxygen atoms in total. The van der Waals surface area contributed by atoms with Gasteiger partial charge in [0.05, 0.1) is 30.2 Å². The third-order valence-corrected chi connectivity index (χ3v) is 4.92. The number of amides is 1. The van der Waals surface area contributed by atoms with E-state index in [1.807, 2.05) is 28.8 Å². The van der Waals surface area contributed by atoms with Gasteiger partial charge in [-0.05, 0) is 25.0 Å². The van der Waals surface area contributed by atoms with E-state index >= 15 is 0 Å². The summed E-state index contributed by atoms with van der Waals surface area (Å²) in [5, 5.41) is 4.10. The summed E-state index contributed by atoms with van der Waals surface area (Å²) in [6.45, 7) is 0.832. The number of ether oxygens (including phenoxy) is 2. The van der Waals surface area contributed by atoms with E-state index in [1.165, 1.54) is 0 Å². The molecular weight excluding hydrogens is 362 g/mol. The second-order valence-electron chi connectivity index (χ2n) is 6.82. The lowest BCUT2D eigenvalue weighted by atomic mass is 10.1. The Morgan fingerprint density at radius 1 is 1.25 bits per heavy atom. The van der Waals surface area contributed by atoms with E-state index in [4.69, 9.17) is 14.0 Å². The number of imidazole rings is 1. The second-order valence-corrected chi connectivity index (χ2v) is 6.82. The summed E-state index contributed by atoms with van der Waals surface area (Å²) in [6.07, 6.45) is 3.45. The van der Waals surface area contributed by atoms with Crippen molar-refractivity contribution in [1.82, 2.24) is 19.7 Å². The quantitative estimate of drug-likeness (QED) is 0.627. The lowest BCUT2D eigenvalue weighted by Gasteiger charge is -2.30. The molecule has 3 heterocycles. The summed E-state index contributed by atoms with van der Waals surface area (Å²) in [6, 6.07) is 7.62. The van der Waals surface area contributed by atoms with Crippen LogP contribution in [0.1, 0.15) is 30.3 Å². The van der Waals surface area contributed by atoms with Crippen LogP contribution in [0.3, 0.4) is 0 Å². The molecule has 0 bridgehead atoms. The van der Waals surface area contributed by atoms with E-state index in [0.29, 0.717) is 36.5 Å². The summed E-state index contributed by atoms with van der Waals surface area (Å²) in [4.78, 5) is 23.3. The minimum absolute atomic E-state index is 0.190. The third kappa shape index (κ3) is 2.84. The number of nitrogens with zero attached hydrogens (tertiary/aromatic N) is 5. The number of aromatic nitrogens is 4. The van der Waals surface area contributed by atoms with E-state index in [9.17, 15) is 4.79 Å². The van der Waals surface area contributed by atoms with Gasteiger partial charge in [-0.25, -0.2) is 9.78 Å². The SMILES string of the molecule is COCCOC(=O)N1Cc2c(-c3noc(C4CC4)n3)ncn2-c2ccccc21. The Balaban J connectivity index is 1.51. The van der Waals surface area contributed by atoms with Crippen molar-refractivity contribution in [1.29, 1.82) is 0 Å². The monoisotopic (exact) mass is 381 g/mol. The molecule has 0 unspecified atom stereocenters. The highest BCUT2D eigenvalue weighted by atomic mass is 16.6. The number of fused-ring (bicyclic) bond motifs is 3. The molecule has 0 atom stereocenters. The Kier molecular flexibility index (Phi) is 4.09. The van der Waals surface area contributed by atoms with E-state index < -0.39 is 6.09 Å². The molecule has 144 valence electrons. The highest BCUT2D eigenvalue weighted by Gasteiger charge is 2.33. The minimum atomic E-state index is -0.435. The first-order valence-electron chi connectivity index (χ1n) is 9.19. The first-order chi connectivity index (χ1) is 13.8. The maximum absolute atomic E-state index is 12.7. The van der Waals surface area contributed by atoms with Crippen LogP contribution in [0.15, 0.2) is 35.1 Å². The van der Waals surface area contributed by atoms with Crippen LogP contribution < -0.4 is 4.90 Å². The van der Waals surface area contributed by atoms with Crippen molar-refractivity contribution in [3.8, 4) is 17.2 Å². The number of carbonyl (C=O) groups excluding carboxylic acids is 1. The number of anilines is 1. The number of benzene rings is 1. The van der Waals surface area contributed by atoms with Crippen molar-refractivity contribution in [2.75, 3.05) is 25.2 Å². The average molecular weight is 381 g/mol. The number of carbonyl (C=O) groups is 1. The summed E-state index contributed by atoms with van der Waals surface area (Å²) in [7, 11) is 1.57. The number of para-hydroxylation sites is 2. The van der Waals surface area contributed by atoms with E-state index in [0.717, 1.165) is 29.9 Å². The van der Waals surface area contributed by atoms with Gasteiger partial charge in [-0.15, -0.1) is 0 Å². The van der Waals surface area contributed by atoms with Crippen LogP contribution in [0.2, 0.25) is 0 Å². The molecule has 0 spiro atoms. The number of rotatable bonds is 5. The van der Waals surface area contributed by atoms with Crippen molar-refractivity contribution in [3.63, 3.8) is 0 Å². The summed E-state index contributed by atoms with van der Waals surface area (Å²) in [5.74, 6) is 1.47. The second kappa shape index (κ2) is 6.75. The molecule has 1 amide bonds. The lowest BCUT2D eigenvalue weighted by molar-refractivity contribution is 0.102. The van der Waals surface area contributed by atoms with E-state index in [1.54, 1.807) is 18.3 Å². The van der Waals surface area contributed by atoms with Crippen molar-refractivity contribution in [2.45, 2.75) is 25.3 Å². The molecule has 1 aliphatic heterocycles. The zero-order valence-corrected chi connectivity index (χ0v) is 15.4. The number of hydrogen-bond donors (Lipinski definition) is 0. The van der Waals surface area contributed by atoms with Gasteiger partial charge < -0.3 is 14.0 Å². The van der Waals surface area contributed by atoms with Gasteiger partial charge in [0.25, 0.3) is 0 Å². The van der Waals surface area contributed by atoms with Gasteiger partial charge in [0.15, 0.2) is 0 Å². The normalized spacial score (nSPS) is 15.2. The molecule has 5 rings (SSSR count). The highest BCUT2D eigenvalue weighted by Crippen LogP contribution is 2.40. The predicted molar refractivity (Wildman–Crippen MR) is 98.2 cm³/mol. The average Bonchev–Trinajstić information content (AvgIpc) is 3.29. The van der Waals surface area contributed by atoms with Gasteiger partial charge in [0, 0.05) is 13.0 Å². The van der Waals surface area contributed by atoms with Gasteiger partial charge in [0.1, 0.15) is 18.6 Å². The van der Waals surface area contributed by atoms with Gasteiger partial charge in [0.2, 0.25) is 11.7 Å². The lowest BCUT2D eigenvalue weighted by Crippen LogP contribution is -2.36. The molecule has 1 fully saturated rings. The fraction of sp³-hybridized carbons (Fsp3) is 0.368. The van der Waals surface area contributed by atoms with Crippen molar-refractivity contribution in [3.05, 3.63) is 42.2 Å². The number of hydrogen-bond acceptors (Lipinski definition) is 7. The van der Waals surface area contributed by atoms with Gasteiger partial charge in [-0.1, -0.05) is 17.3 Å². The maximum atomic E-state index is 12.7. The van der Waals surface area contributed by atoms with E-state index in [-0.39, 0.29) is 6.61 Å². The van der Waals surface area contributed by atoms with Gasteiger partial charge >= 0.3 is 6.09 Å². The molecule has 0 N–H and O–H groups in total. The van der Waals surface area contributed by atoms with Gasteiger partial charge in [-0.2, -0.15) is 4.98 Å². The largest absolute Gasteiger partial charge is 0.447 e.